The van der Waals surface area contributed by atoms with Crippen molar-refractivity contribution in [1.29, 1.82) is 0 Å². The van der Waals surface area contributed by atoms with Crippen molar-refractivity contribution >= 4 is 11.8 Å². The van der Waals surface area contributed by atoms with Gasteiger partial charge in [0.1, 0.15) is 0 Å². The van der Waals surface area contributed by atoms with Gasteiger partial charge in [0.15, 0.2) is 0 Å². The summed E-state index contributed by atoms with van der Waals surface area (Å²) in [6.45, 7) is 0.842. The maximum atomic E-state index is 6.36. The van der Waals surface area contributed by atoms with Crippen molar-refractivity contribution < 1.29 is 4.74 Å². The lowest BCUT2D eigenvalue weighted by atomic mass is 9.96. The molecule has 2 atom stereocenters. The lowest BCUT2D eigenvalue weighted by Gasteiger charge is -2.24. The molecule has 0 spiro atoms. The van der Waals surface area contributed by atoms with Crippen molar-refractivity contribution in [3.05, 3.63) is 41.7 Å². The molecule has 3 rings (SSSR count). The average Bonchev–Trinajstić information content (AvgIpc) is 2.82. The van der Waals surface area contributed by atoms with Gasteiger partial charge in [-0.2, -0.15) is 0 Å². The highest BCUT2D eigenvalue weighted by molar-refractivity contribution is 8.00. The third kappa shape index (κ3) is 2.22. The van der Waals surface area contributed by atoms with E-state index in [1.807, 2.05) is 18.0 Å². The van der Waals surface area contributed by atoms with Crippen LogP contribution in [0.5, 0.6) is 0 Å². The summed E-state index contributed by atoms with van der Waals surface area (Å²) in [5.41, 5.74) is 9.08. The molecule has 0 saturated carbocycles. The van der Waals surface area contributed by atoms with Gasteiger partial charge in [0, 0.05) is 16.2 Å². The summed E-state index contributed by atoms with van der Waals surface area (Å²) in [5, 5.41) is 0.473. The molecule has 17 heavy (non-hydrogen) atoms. The molecule has 0 bridgehead atoms. The van der Waals surface area contributed by atoms with Crippen LogP contribution in [0.2, 0.25) is 0 Å². The Morgan fingerprint density at radius 3 is 3.00 bits per heavy atom. The largest absolute Gasteiger partial charge is 0.501 e. The van der Waals surface area contributed by atoms with Crippen LogP contribution in [0.25, 0.3) is 0 Å². The van der Waals surface area contributed by atoms with Crippen molar-refractivity contribution in [2.24, 2.45) is 5.73 Å². The van der Waals surface area contributed by atoms with Gasteiger partial charge in [0.2, 0.25) is 0 Å². The smallest absolute Gasteiger partial charge is 0.0876 e. The zero-order chi connectivity index (χ0) is 11.7. The molecule has 0 aromatic heterocycles. The number of rotatable bonds is 2. The molecule has 2 nitrogen and oxygen atoms in total. The normalized spacial score (nSPS) is 24.8. The third-order valence-corrected chi connectivity index (χ3v) is 4.88. The van der Waals surface area contributed by atoms with Gasteiger partial charge < -0.3 is 10.5 Å². The Balaban J connectivity index is 1.73. The predicted octanol–water partition coefficient (Wildman–Crippen LogP) is 2.73. The highest BCUT2D eigenvalue weighted by atomic mass is 32.2. The van der Waals surface area contributed by atoms with Crippen LogP contribution < -0.4 is 5.73 Å². The zero-order valence-electron chi connectivity index (χ0n) is 9.76. The van der Waals surface area contributed by atoms with Gasteiger partial charge >= 0.3 is 0 Å². The first-order chi connectivity index (χ1) is 8.34. The fourth-order valence-corrected chi connectivity index (χ4v) is 3.85. The molecule has 2 N–H and O–H groups in total. The topological polar surface area (TPSA) is 35.2 Å². The van der Waals surface area contributed by atoms with E-state index in [2.05, 4.69) is 24.3 Å². The maximum absolute atomic E-state index is 6.36. The Labute approximate surface area is 106 Å². The van der Waals surface area contributed by atoms with Crippen molar-refractivity contribution in [3.8, 4) is 0 Å². The Kier molecular flexibility index (Phi) is 3.12. The molecule has 2 aliphatic heterocycles. The molecule has 1 aromatic carbocycles. The lowest BCUT2D eigenvalue weighted by molar-refractivity contribution is 0.221. The van der Waals surface area contributed by atoms with E-state index in [9.17, 15) is 0 Å². The van der Waals surface area contributed by atoms with Gasteiger partial charge in [0.05, 0.1) is 12.9 Å². The highest BCUT2D eigenvalue weighted by Gasteiger charge is 2.29. The predicted molar refractivity (Wildman–Crippen MR) is 71.0 cm³/mol. The fourth-order valence-electron chi connectivity index (χ4n) is 2.48. The third-order valence-electron chi connectivity index (χ3n) is 3.46. The number of benzene rings is 1. The van der Waals surface area contributed by atoms with Crippen LogP contribution in [0.4, 0.5) is 0 Å². The number of hydrogen-bond acceptors (Lipinski definition) is 3. The van der Waals surface area contributed by atoms with Crippen LogP contribution in [-0.4, -0.2) is 17.9 Å². The van der Waals surface area contributed by atoms with Crippen LogP contribution >= 0.6 is 11.8 Å². The highest BCUT2D eigenvalue weighted by Crippen LogP contribution is 2.39. The summed E-state index contributed by atoms with van der Waals surface area (Å²) in [6, 6.07) is 8.74. The van der Waals surface area contributed by atoms with E-state index in [-0.39, 0.29) is 6.04 Å². The van der Waals surface area contributed by atoms with Crippen LogP contribution in [-0.2, 0) is 11.2 Å². The standard InChI is InChI=1S/C14H17NOS/c15-14(11-5-3-7-16-9-11)13-8-10-4-1-2-6-12(10)17-13/h1-2,4,6,9,13-14H,3,5,7-8,15H2. The van der Waals surface area contributed by atoms with E-state index in [4.69, 9.17) is 10.5 Å². The van der Waals surface area contributed by atoms with E-state index < -0.39 is 0 Å². The molecule has 3 heteroatoms. The van der Waals surface area contributed by atoms with Crippen molar-refractivity contribution in [1.82, 2.24) is 0 Å². The molecule has 2 unspecified atom stereocenters. The van der Waals surface area contributed by atoms with Crippen LogP contribution in [0.15, 0.2) is 41.0 Å². The van der Waals surface area contributed by atoms with Gasteiger partial charge in [-0.1, -0.05) is 18.2 Å². The number of ether oxygens (including phenoxy) is 1. The van der Waals surface area contributed by atoms with Gasteiger partial charge in [-0.05, 0) is 36.5 Å². The summed E-state index contributed by atoms with van der Waals surface area (Å²) >= 11 is 1.92. The summed E-state index contributed by atoms with van der Waals surface area (Å²) in [5.74, 6) is 0. The van der Waals surface area contributed by atoms with Crippen LogP contribution in [0.1, 0.15) is 18.4 Å². The first kappa shape index (κ1) is 11.2. The Hall–Kier alpha value is -0.930. The van der Waals surface area contributed by atoms with Crippen molar-refractivity contribution in [2.75, 3.05) is 6.61 Å². The van der Waals surface area contributed by atoms with Gasteiger partial charge in [-0.3, -0.25) is 0 Å². The SMILES string of the molecule is NC(C1=COCCC1)C1Cc2ccccc2S1. The Morgan fingerprint density at radius 2 is 2.24 bits per heavy atom. The minimum absolute atomic E-state index is 0.132. The van der Waals surface area contributed by atoms with E-state index in [1.165, 1.54) is 16.0 Å². The lowest BCUT2D eigenvalue weighted by Crippen LogP contribution is -2.35. The number of hydrogen-bond donors (Lipinski definition) is 1. The van der Waals surface area contributed by atoms with Crippen molar-refractivity contribution in [2.45, 2.75) is 35.4 Å². The van der Waals surface area contributed by atoms with Gasteiger partial charge in [-0.25, -0.2) is 0 Å². The summed E-state index contributed by atoms with van der Waals surface area (Å²) in [7, 11) is 0. The van der Waals surface area contributed by atoms with Crippen LogP contribution in [0, 0.1) is 0 Å². The quantitative estimate of drug-likeness (QED) is 0.872. The molecule has 90 valence electrons. The van der Waals surface area contributed by atoms with Gasteiger partial charge in [0.25, 0.3) is 0 Å². The average molecular weight is 247 g/mol. The molecule has 0 amide bonds. The second-order valence-electron chi connectivity index (χ2n) is 4.66. The molecule has 0 fully saturated rings. The summed E-state index contributed by atoms with van der Waals surface area (Å²) < 4.78 is 5.39. The molecular formula is C14H17NOS. The maximum Gasteiger partial charge on any atom is 0.0876 e. The molecule has 0 saturated heterocycles. The van der Waals surface area contributed by atoms with E-state index in [0.717, 1.165) is 25.9 Å². The van der Waals surface area contributed by atoms with E-state index in [1.54, 1.807) is 0 Å². The molecule has 2 heterocycles. The van der Waals surface area contributed by atoms with Crippen molar-refractivity contribution in [3.63, 3.8) is 0 Å². The first-order valence-corrected chi connectivity index (χ1v) is 7.03. The van der Waals surface area contributed by atoms with Crippen LogP contribution in [0.3, 0.4) is 0 Å². The second-order valence-corrected chi connectivity index (χ2v) is 5.94. The number of nitrogens with two attached hydrogens (primary N) is 1. The minimum atomic E-state index is 0.132. The minimum Gasteiger partial charge on any atom is -0.501 e. The fraction of sp³-hybridized carbons (Fsp3) is 0.429. The first-order valence-electron chi connectivity index (χ1n) is 6.15. The Bertz CT molecular complexity index is 419. The molecule has 0 radical (unpaired) electrons. The van der Waals surface area contributed by atoms with Gasteiger partial charge in [-0.15, -0.1) is 11.8 Å². The Morgan fingerprint density at radius 1 is 1.35 bits per heavy atom. The monoisotopic (exact) mass is 247 g/mol. The molecule has 1 aromatic rings. The number of thioether (sulfide) groups is 1. The van der Waals surface area contributed by atoms with E-state index in [0.29, 0.717) is 5.25 Å². The molecule has 2 aliphatic rings. The number of fused-ring (bicyclic) bond motifs is 1. The summed E-state index contributed by atoms with van der Waals surface area (Å²) in [6.07, 6.45) is 5.16. The van der Waals surface area contributed by atoms with E-state index >= 15 is 0 Å². The second kappa shape index (κ2) is 4.75. The summed E-state index contributed by atoms with van der Waals surface area (Å²) in [4.78, 5) is 1.39. The molecular weight excluding hydrogens is 230 g/mol. The zero-order valence-corrected chi connectivity index (χ0v) is 10.6. The molecule has 0 aliphatic carbocycles.